The zero-order valence-corrected chi connectivity index (χ0v) is 12.4. The second kappa shape index (κ2) is 8.59. The molecule has 1 aromatic carbocycles. The fourth-order valence-electron chi connectivity index (χ4n) is 2.17. The molecule has 0 aromatic heterocycles. The number of carbonyl (C=O) groups is 1. The van der Waals surface area contributed by atoms with Gasteiger partial charge in [0, 0.05) is 0 Å². The van der Waals surface area contributed by atoms with Crippen LogP contribution >= 0.6 is 0 Å². The van der Waals surface area contributed by atoms with Crippen molar-refractivity contribution < 1.29 is 14.6 Å². The van der Waals surface area contributed by atoms with Gasteiger partial charge in [0.05, 0.1) is 6.61 Å². The molecule has 1 atom stereocenters. The molecule has 0 fully saturated rings. The van der Waals surface area contributed by atoms with Crippen LogP contribution in [0.15, 0.2) is 30.3 Å². The Morgan fingerprint density at radius 3 is 2.55 bits per heavy atom. The molecule has 4 nitrogen and oxygen atoms in total. The molecule has 20 heavy (non-hydrogen) atoms. The summed E-state index contributed by atoms with van der Waals surface area (Å²) in [5, 5.41) is 12.6. The lowest BCUT2D eigenvalue weighted by molar-refractivity contribution is -0.145. The fraction of sp³-hybridized carbons (Fsp3) is 0.562. The van der Waals surface area contributed by atoms with Crippen LogP contribution in [-0.2, 0) is 4.79 Å². The van der Waals surface area contributed by atoms with Crippen molar-refractivity contribution in [2.24, 2.45) is 0 Å². The van der Waals surface area contributed by atoms with Crippen molar-refractivity contribution in [1.82, 2.24) is 5.32 Å². The van der Waals surface area contributed by atoms with E-state index in [1.54, 1.807) is 0 Å². The first kappa shape index (κ1) is 16.5. The SMILES string of the molecule is CCCNC(CC)(CCCOc1ccccc1)C(=O)O. The maximum Gasteiger partial charge on any atom is 0.323 e. The average molecular weight is 279 g/mol. The van der Waals surface area contributed by atoms with Crippen LogP contribution in [0, 0.1) is 0 Å². The van der Waals surface area contributed by atoms with Crippen LogP contribution in [0.3, 0.4) is 0 Å². The molecule has 0 aliphatic heterocycles. The lowest BCUT2D eigenvalue weighted by Crippen LogP contribution is -2.52. The molecule has 0 saturated carbocycles. The average Bonchev–Trinajstić information content (AvgIpc) is 2.47. The highest BCUT2D eigenvalue weighted by molar-refractivity contribution is 5.78. The molecule has 112 valence electrons. The minimum absolute atomic E-state index is 0.535. The number of rotatable bonds is 10. The van der Waals surface area contributed by atoms with Gasteiger partial charge >= 0.3 is 5.97 Å². The minimum Gasteiger partial charge on any atom is -0.494 e. The van der Waals surface area contributed by atoms with E-state index < -0.39 is 11.5 Å². The van der Waals surface area contributed by atoms with Crippen molar-refractivity contribution in [2.45, 2.75) is 45.1 Å². The standard InChI is InChI=1S/C16H25NO3/c1-3-12-17-16(4-2,15(18)19)11-8-13-20-14-9-6-5-7-10-14/h5-7,9-10,17H,3-4,8,11-13H2,1-2H3,(H,18,19). The predicted molar refractivity (Wildman–Crippen MR) is 80.1 cm³/mol. The largest absolute Gasteiger partial charge is 0.494 e. The summed E-state index contributed by atoms with van der Waals surface area (Å²) in [5.74, 6) is 0.0552. The van der Waals surface area contributed by atoms with Crippen LogP contribution in [0.1, 0.15) is 39.5 Å². The molecule has 2 N–H and O–H groups in total. The highest BCUT2D eigenvalue weighted by Crippen LogP contribution is 2.19. The van der Waals surface area contributed by atoms with Gasteiger partial charge in [-0.15, -0.1) is 0 Å². The monoisotopic (exact) mass is 279 g/mol. The molecule has 1 rings (SSSR count). The van der Waals surface area contributed by atoms with E-state index in [1.165, 1.54) is 0 Å². The molecule has 4 heteroatoms. The van der Waals surface area contributed by atoms with Crippen LogP contribution in [-0.4, -0.2) is 29.8 Å². The summed E-state index contributed by atoms with van der Waals surface area (Å²) in [6, 6.07) is 9.59. The quantitative estimate of drug-likeness (QED) is 0.646. The molecule has 0 aliphatic rings. The van der Waals surface area contributed by atoms with Gasteiger partial charge in [-0.05, 0) is 44.4 Å². The van der Waals surface area contributed by atoms with Gasteiger partial charge in [0.15, 0.2) is 0 Å². The Hall–Kier alpha value is -1.55. The molecular formula is C16H25NO3. The summed E-state index contributed by atoms with van der Waals surface area (Å²) in [6.07, 6.45) is 2.79. The van der Waals surface area contributed by atoms with Gasteiger partial charge in [0.1, 0.15) is 11.3 Å². The van der Waals surface area contributed by atoms with Crippen molar-refractivity contribution in [1.29, 1.82) is 0 Å². The Labute approximate surface area is 121 Å². The molecular weight excluding hydrogens is 254 g/mol. The number of hydrogen-bond donors (Lipinski definition) is 2. The normalized spacial score (nSPS) is 13.7. The summed E-state index contributed by atoms with van der Waals surface area (Å²) in [7, 11) is 0. The van der Waals surface area contributed by atoms with Crippen molar-refractivity contribution in [2.75, 3.05) is 13.2 Å². The highest BCUT2D eigenvalue weighted by Gasteiger charge is 2.35. The zero-order chi connectivity index (χ0) is 14.8. The third kappa shape index (κ3) is 4.85. The van der Waals surface area contributed by atoms with E-state index in [1.807, 2.05) is 44.2 Å². The molecule has 0 spiro atoms. The van der Waals surface area contributed by atoms with Gasteiger partial charge in [-0.2, -0.15) is 0 Å². The van der Waals surface area contributed by atoms with Crippen molar-refractivity contribution >= 4 is 5.97 Å². The van der Waals surface area contributed by atoms with E-state index in [0.29, 0.717) is 25.9 Å². The summed E-state index contributed by atoms with van der Waals surface area (Å²) >= 11 is 0. The van der Waals surface area contributed by atoms with Crippen LogP contribution in [0.4, 0.5) is 0 Å². The first-order valence-corrected chi connectivity index (χ1v) is 7.31. The molecule has 0 bridgehead atoms. The third-order valence-corrected chi connectivity index (χ3v) is 3.49. The second-order valence-electron chi connectivity index (χ2n) is 4.93. The lowest BCUT2D eigenvalue weighted by Gasteiger charge is -2.29. The van der Waals surface area contributed by atoms with Gasteiger partial charge in [-0.1, -0.05) is 32.0 Å². The lowest BCUT2D eigenvalue weighted by atomic mass is 9.90. The maximum absolute atomic E-state index is 11.5. The second-order valence-corrected chi connectivity index (χ2v) is 4.93. The summed E-state index contributed by atoms with van der Waals surface area (Å²) < 4.78 is 5.61. The number of para-hydroxylation sites is 1. The molecule has 0 radical (unpaired) electrons. The van der Waals surface area contributed by atoms with Crippen molar-refractivity contribution in [3.63, 3.8) is 0 Å². The molecule has 0 saturated heterocycles. The Bertz CT molecular complexity index is 394. The number of carboxylic acids is 1. The number of benzene rings is 1. The zero-order valence-electron chi connectivity index (χ0n) is 12.4. The van der Waals surface area contributed by atoms with Gasteiger partial charge in [-0.25, -0.2) is 0 Å². The Morgan fingerprint density at radius 1 is 1.30 bits per heavy atom. The molecule has 1 aromatic rings. The van der Waals surface area contributed by atoms with Crippen molar-refractivity contribution in [3.8, 4) is 5.75 Å². The van der Waals surface area contributed by atoms with E-state index in [9.17, 15) is 9.90 Å². The van der Waals surface area contributed by atoms with E-state index >= 15 is 0 Å². The van der Waals surface area contributed by atoms with Crippen LogP contribution in [0.25, 0.3) is 0 Å². The first-order valence-electron chi connectivity index (χ1n) is 7.31. The summed E-state index contributed by atoms with van der Waals surface area (Å²) in [5.41, 5.74) is -0.823. The Balaban J connectivity index is 2.44. The highest BCUT2D eigenvalue weighted by atomic mass is 16.5. The number of hydrogen-bond acceptors (Lipinski definition) is 3. The topological polar surface area (TPSA) is 58.6 Å². The van der Waals surface area contributed by atoms with Gasteiger partial charge in [-0.3, -0.25) is 4.79 Å². The van der Waals surface area contributed by atoms with Crippen LogP contribution in [0.5, 0.6) is 5.75 Å². The van der Waals surface area contributed by atoms with Gasteiger partial charge in [0.25, 0.3) is 0 Å². The Kier molecular flexibility index (Phi) is 7.09. The Morgan fingerprint density at radius 2 is 2.00 bits per heavy atom. The number of aliphatic carboxylic acids is 1. The molecule has 0 aliphatic carbocycles. The van der Waals surface area contributed by atoms with Gasteiger partial charge in [0.2, 0.25) is 0 Å². The van der Waals surface area contributed by atoms with E-state index in [2.05, 4.69) is 5.32 Å². The minimum atomic E-state index is -0.823. The smallest absolute Gasteiger partial charge is 0.323 e. The molecule has 1 unspecified atom stereocenters. The van der Waals surface area contributed by atoms with E-state index in [-0.39, 0.29) is 0 Å². The first-order chi connectivity index (χ1) is 9.64. The van der Waals surface area contributed by atoms with Crippen molar-refractivity contribution in [3.05, 3.63) is 30.3 Å². The predicted octanol–water partition coefficient (Wildman–Crippen LogP) is 3.08. The third-order valence-electron chi connectivity index (χ3n) is 3.49. The fourth-order valence-corrected chi connectivity index (χ4v) is 2.17. The summed E-state index contributed by atoms with van der Waals surface area (Å²) in [4.78, 5) is 11.5. The number of nitrogens with one attached hydrogen (secondary N) is 1. The maximum atomic E-state index is 11.5. The van der Waals surface area contributed by atoms with Crippen LogP contribution < -0.4 is 10.1 Å². The van der Waals surface area contributed by atoms with E-state index in [4.69, 9.17) is 4.74 Å². The number of ether oxygens (including phenoxy) is 1. The number of carboxylic acid groups (broad SMARTS) is 1. The van der Waals surface area contributed by atoms with E-state index in [0.717, 1.165) is 18.7 Å². The summed E-state index contributed by atoms with van der Waals surface area (Å²) in [6.45, 7) is 5.20. The molecule has 0 heterocycles. The van der Waals surface area contributed by atoms with Crippen LogP contribution in [0.2, 0.25) is 0 Å². The molecule has 0 amide bonds. The van der Waals surface area contributed by atoms with Gasteiger partial charge < -0.3 is 15.2 Å².